The molecule has 0 fully saturated rings. The van der Waals surface area contributed by atoms with Gasteiger partial charge in [-0.15, -0.1) is 0 Å². The molecular weight excluding hydrogens is 334 g/mol. The van der Waals surface area contributed by atoms with E-state index in [1.54, 1.807) is 12.1 Å². The highest BCUT2D eigenvalue weighted by Gasteiger charge is 2.11. The molecule has 5 heteroatoms. The van der Waals surface area contributed by atoms with Crippen LogP contribution in [-0.4, -0.2) is 13.1 Å². The highest BCUT2D eigenvalue weighted by Crippen LogP contribution is 2.28. The fraction of sp³-hybridized carbons (Fsp3) is 0.125. The van der Waals surface area contributed by atoms with Gasteiger partial charge in [0.2, 0.25) is 0 Å². The van der Waals surface area contributed by atoms with Crippen LogP contribution in [0.15, 0.2) is 46.9 Å². The zero-order chi connectivity index (χ0) is 15.2. The number of hydrogen-bond acceptors (Lipinski definition) is 4. The first-order chi connectivity index (χ1) is 10.1. The molecule has 0 unspecified atom stereocenters. The van der Waals surface area contributed by atoms with Crippen molar-refractivity contribution in [2.75, 3.05) is 7.11 Å². The van der Waals surface area contributed by atoms with E-state index in [4.69, 9.17) is 14.7 Å². The minimum atomic E-state index is -0.392. The van der Waals surface area contributed by atoms with Gasteiger partial charge in [0.25, 0.3) is 0 Å². The molecular formula is C16H12BrNO3. The number of nitriles is 1. The molecule has 0 bridgehead atoms. The summed E-state index contributed by atoms with van der Waals surface area (Å²) < 4.78 is 11.3. The molecule has 0 atom stereocenters. The molecule has 0 aliphatic heterocycles. The van der Waals surface area contributed by atoms with Crippen molar-refractivity contribution in [2.45, 2.75) is 6.42 Å². The molecule has 0 saturated carbocycles. The highest BCUT2D eigenvalue weighted by atomic mass is 79.9. The Morgan fingerprint density at radius 2 is 2.05 bits per heavy atom. The number of hydrogen-bond donors (Lipinski definition) is 0. The largest absolute Gasteiger partial charge is 0.493 e. The lowest BCUT2D eigenvalue weighted by atomic mass is 10.1. The fourth-order valence-electron chi connectivity index (χ4n) is 1.79. The summed E-state index contributed by atoms with van der Waals surface area (Å²) in [6.45, 7) is 0. The number of methoxy groups -OCH3 is 1. The zero-order valence-electron chi connectivity index (χ0n) is 11.3. The Balaban J connectivity index is 2.11. The van der Waals surface area contributed by atoms with E-state index in [9.17, 15) is 4.79 Å². The lowest BCUT2D eigenvalue weighted by molar-refractivity contribution is -0.133. The molecule has 0 heterocycles. The van der Waals surface area contributed by atoms with Crippen LogP contribution < -0.4 is 9.47 Å². The number of rotatable bonds is 4. The van der Waals surface area contributed by atoms with Gasteiger partial charge in [-0.05, 0) is 29.8 Å². The maximum Gasteiger partial charge on any atom is 0.315 e. The van der Waals surface area contributed by atoms with Gasteiger partial charge in [0, 0.05) is 10.5 Å². The topological polar surface area (TPSA) is 59.3 Å². The summed E-state index contributed by atoms with van der Waals surface area (Å²) in [6, 6.07) is 14.1. The smallest absolute Gasteiger partial charge is 0.315 e. The summed E-state index contributed by atoms with van der Waals surface area (Å²) in [4.78, 5) is 12.0. The molecule has 4 nitrogen and oxygen atoms in total. The van der Waals surface area contributed by atoms with E-state index in [-0.39, 0.29) is 6.42 Å². The first-order valence-corrected chi connectivity index (χ1v) is 6.95. The summed E-state index contributed by atoms with van der Waals surface area (Å²) in [6.07, 6.45) is 0.155. The van der Waals surface area contributed by atoms with Gasteiger partial charge in [-0.1, -0.05) is 28.1 Å². The predicted molar refractivity (Wildman–Crippen MR) is 81.2 cm³/mol. The number of halogens is 1. The summed E-state index contributed by atoms with van der Waals surface area (Å²) in [5.74, 6) is 0.268. The van der Waals surface area contributed by atoms with E-state index in [1.165, 1.54) is 13.2 Å². The fourth-order valence-corrected chi connectivity index (χ4v) is 2.24. The van der Waals surface area contributed by atoms with Crippen LogP contribution in [0.25, 0.3) is 0 Å². The van der Waals surface area contributed by atoms with Gasteiger partial charge in [-0.3, -0.25) is 4.79 Å². The average Bonchev–Trinajstić information content (AvgIpc) is 2.47. The molecule has 0 aliphatic rings. The molecule has 0 spiro atoms. The van der Waals surface area contributed by atoms with Gasteiger partial charge < -0.3 is 9.47 Å². The van der Waals surface area contributed by atoms with Crippen LogP contribution in [0.4, 0.5) is 0 Å². The van der Waals surface area contributed by atoms with Crippen molar-refractivity contribution in [3.63, 3.8) is 0 Å². The second-order valence-electron chi connectivity index (χ2n) is 4.26. The maximum absolute atomic E-state index is 12.0. The van der Waals surface area contributed by atoms with Gasteiger partial charge in [0.05, 0.1) is 25.2 Å². The first kappa shape index (κ1) is 15.1. The molecule has 0 saturated heterocycles. The quantitative estimate of drug-likeness (QED) is 0.628. The van der Waals surface area contributed by atoms with Crippen molar-refractivity contribution >= 4 is 21.9 Å². The van der Waals surface area contributed by atoms with Crippen LogP contribution in [0.5, 0.6) is 11.5 Å². The second-order valence-corrected chi connectivity index (χ2v) is 5.17. The van der Waals surface area contributed by atoms with Crippen LogP contribution in [-0.2, 0) is 11.2 Å². The number of ether oxygens (including phenoxy) is 2. The van der Waals surface area contributed by atoms with Crippen molar-refractivity contribution in [1.82, 2.24) is 0 Å². The minimum Gasteiger partial charge on any atom is -0.493 e. The highest BCUT2D eigenvalue weighted by molar-refractivity contribution is 9.10. The zero-order valence-corrected chi connectivity index (χ0v) is 12.9. The average molecular weight is 346 g/mol. The first-order valence-electron chi connectivity index (χ1n) is 6.15. The Morgan fingerprint density at radius 3 is 2.71 bits per heavy atom. The summed E-state index contributed by atoms with van der Waals surface area (Å²) >= 11 is 3.35. The number of benzene rings is 2. The lowest BCUT2D eigenvalue weighted by Gasteiger charge is -2.09. The number of esters is 1. The molecule has 0 N–H and O–H groups in total. The third-order valence-corrected chi connectivity index (χ3v) is 3.25. The number of carbonyl (C=O) groups is 1. The number of nitrogens with zero attached hydrogens (tertiary/aromatic N) is 1. The molecule has 0 amide bonds. The SMILES string of the molecule is COc1cc(C#N)ccc1OC(=O)Cc1cccc(Br)c1. The van der Waals surface area contributed by atoms with Crippen molar-refractivity contribution in [3.8, 4) is 17.6 Å². The van der Waals surface area contributed by atoms with E-state index in [0.717, 1.165) is 10.0 Å². The molecule has 0 radical (unpaired) electrons. The van der Waals surface area contributed by atoms with E-state index < -0.39 is 5.97 Å². The normalized spacial score (nSPS) is 9.76. The van der Waals surface area contributed by atoms with Crippen LogP contribution in [0, 0.1) is 11.3 Å². The third-order valence-electron chi connectivity index (χ3n) is 2.75. The van der Waals surface area contributed by atoms with Crippen LogP contribution in [0.3, 0.4) is 0 Å². The van der Waals surface area contributed by atoms with E-state index in [1.807, 2.05) is 30.3 Å². The van der Waals surface area contributed by atoms with Gasteiger partial charge in [-0.2, -0.15) is 5.26 Å². The Bertz CT molecular complexity index is 707. The van der Waals surface area contributed by atoms with Gasteiger partial charge in [-0.25, -0.2) is 0 Å². The molecule has 21 heavy (non-hydrogen) atoms. The molecule has 0 aliphatic carbocycles. The summed E-state index contributed by atoms with van der Waals surface area (Å²) in [5, 5.41) is 8.83. The van der Waals surface area contributed by atoms with E-state index in [0.29, 0.717) is 17.1 Å². The van der Waals surface area contributed by atoms with Crippen molar-refractivity contribution in [3.05, 3.63) is 58.1 Å². The number of carbonyl (C=O) groups excluding carboxylic acids is 1. The Kier molecular flexibility index (Phi) is 4.96. The standard InChI is InChI=1S/C16H12BrNO3/c1-20-15-8-12(10-18)5-6-14(15)21-16(19)9-11-3-2-4-13(17)7-11/h2-8H,9H2,1H3. The van der Waals surface area contributed by atoms with Gasteiger partial charge in [0.1, 0.15) is 0 Å². The molecule has 2 rings (SSSR count). The predicted octanol–water partition coefficient (Wildman–Crippen LogP) is 3.48. The van der Waals surface area contributed by atoms with Crippen molar-refractivity contribution in [2.24, 2.45) is 0 Å². The van der Waals surface area contributed by atoms with E-state index in [2.05, 4.69) is 15.9 Å². The Morgan fingerprint density at radius 1 is 1.24 bits per heavy atom. The second kappa shape index (κ2) is 6.91. The van der Waals surface area contributed by atoms with E-state index >= 15 is 0 Å². The summed E-state index contributed by atoms with van der Waals surface area (Å²) in [5.41, 5.74) is 1.29. The molecule has 106 valence electrons. The van der Waals surface area contributed by atoms with Gasteiger partial charge in [0.15, 0.2) is 11.5 Å². The molecule has 2 aromatic rings. The van der Waals surface area contributed by atoms with Crippen LogP contribution in [0.1, 0.15) is 11.1 Å². The van der Waals surface area contributed by atoms with Gasteiger partial charge >= 0.3 is 5.97 Å². The van der Waals surface area contributed by atoms with Crippen LogP contribution >= 0.6 is 15.9 Å². The van der Waals surface area contributed by atoms with Crippen molar-refractivity contribution < 1.29 is 14.3 Å². The molecule has 0 aromatic heterocycles. The third kappa shape index (κ3) is 4.07. The Hall–Kier alpha value is -2.32. The minimum absolute atomic E-state index is 0.155. The lowest BCUT2D eigenvalue weighted by Crippen LogP contribution is -2.12. The maximum atomic E-state index is 12.0. The van der Waals surface area contributed by atoms with Crippen LogP contribution in [0.2, 0.25) is 0 Å². The monoisotopic (exact) mass is 345 g/mol. The van der Waals surface area contributed by atoms with Crippen molar-refractivity contribution in [1.29, 1.82) is 5.26 Å². The molecule has 2 aromatic carbocycles. The summed E-state index contributed by atoms with van der Waals surface area (Å²) in [7, 11) is 1.46. The Labute approximate surface area is 131 Å².